The molecule has 0 fully saturated rings. The van der Waals surface area contributed by atoms with Crippen molar-refractivity contribution in [3.63, 3.8) is 0 Å². The molecule has 1 amide bonds. The molecule has 0 radical (unpaired) electrons. The quantitative estimate of drug-likeness (QED) is 0.727. The Morgan fingerprint density at radius 2 is 1.89 bits per heavy atom. The van der Waals surface area contributed by atoms with E-state index in [1.54, 1.807) is 23.9 Å². The monoisotopic (exact) mass is 376 g/mol. The molecule has 2 N–H and O–H groups in total. The Hall–Kier alpha value is -3.68. The molecular weight excluding hydrogens is 356 g/mol. The lowest BCUT2D eigenvalue weighted by Gasteiger charge is -2.29. The van der Waals surface area contributed by atoms with Gasteiger partial charge in [0, 0.05) is 5.70 Å². The van der Waals surface area contributed by atoms with Crippen LogP contribution >= 0.6 is 0 Å². The number of amides is 1. The predicted molar refractivity (Wildman–Crippen MR) is 105 cm³/mol. The first-order valence-electron chi connectivity index (χ1n) is 8.85. The van der Waals surface area contributed by atoms with Crippen LogP contribution in [0.2, 0.25) is 0 Å². The van der Waals surface area contributed by atoms with E-state index in [0.29, 0.717) is 28.7 Å². The van der Waals surface area contributed by atoms with E-state index in [1.165, 1.54) is 0 Å². The average molecular weight is 376 g/mol. The van der Waals surface area contributed by atoms with Gasteiger partial charge in [-0.25, -0.2) is 0 Å². The van der Waals surface area contributed by atoms with Crippen LogP contribution in [0.25, 0.3) is 0 Å². The van der Waals surface area contributed by atoms with Crippen molar-refractivity contribution in [2.75, 3.05) is 17.7 Å². The lowest BCUT2D eigenvalue weighted by atomic mass is 9.92. The minimum absolute atomic E-state index is 0.246. The summed E-state index contributed by atoms with van der Waals surface area (Å²) >= 11 is 0. The van der Waals surface area contributed by atoms with Gasteiger partial charge in [-0.05, 0) is 47.5 Å². The van der Waals surface area contributed by atoms with Crippen molar-refractivity contribution in [2.45, 2.75) is 19.9 Å². The van der Waals surface area contributed by atoms with Crippen LogP contribution in [0.3, 0.4) is 0 Å². The van der Waals surface area contributed by atoms with Gasteiger partial charge >= 0.3 is 0 Å². The van der Waals surface area contributed by atoms with Crippen molar-refractivity contribution >= 4 is 17.5 Å². The number of tetrazole rings is 1. The summed E-state index contributed by atoms with van der Waals surface area (Å²) < 4.78 is 6.98. The number of hydrogen-bond donors (Lipinski definition) is 2. The Kier molecular flexibility index (Phi) is 4.52. The molecule has 1 atom stereocenters. The van der Waals surface area contributed by atoms with Gasteiger partial charge in [0.2, 0.25) is 5.95 Å². The number of carbonyl (C=O) groups excluding carboxylic acids is 1. The summed E-state index contributed by atoms with van der Waals surface area (Å²) in [6.07, 6.45) is 0. The standard InChI is InChI=1S/C20H20N6O2/c1-12-8-4-5-9-14(12)18-17(13(2)21-20-23-24-25-26(18)20)19(27)22-15-10-6-7-11-16(15)28-3/h4-11,18H,1-3H3,(H,22,27)(H,21,23,25)/t18-/m0/s1. The lowest BCUT2D eigenvalue weighted by molar-refractivity contribution is -0.113. The third kappa shape index (κ3) is 2.98. The second kappa shape index (κ2) is 7.15. The molecule has 1 aliphatic rings. The lowest BCUT2D eigenvalue weighted by Crippen LogP contribution is -2.32. The van der Waals surface area contributed by atoms with E-state index in [0.717, 1.165) is 11.1 Å². The number of benzene rings is 2. The zero-order chi connectivity index (χ0) is 19.7. The minimum atomic E-state index is -0.442. The summed E-state index contributed by atoms with van der Waals surface area (Å²) in [5.74, 6) is 0.844. The summed E-state index contributed by atoms with van der Waals surface area (Å²) in [4.78, 5) is 13.3. The van der Waals surface area contributed by atoms with E-state index >= 15 is 0 Å². The Balaban J connectivity index is 1.79. The molecular formula is C20H20N6O2. The maximum Gasteiger partial charge on any atom is 0.255 e. The molecule has 28 heavy (non-hydrogen) atoms. The molecule has 2 aromatic carbocycles. The summed E-state index contributed by atoms with van der Waals surface area (Å²) in [7, 11) is 1.57. The molecule has 2 heterocycles. The van der Waals surface area contributed by atoms with Gasteiger partial charge in [-0.3, -0.25) is 4.79 Å². The van der Waals surface area contributed by atoms with Gasteiger partial charge in [0.05, 0.1) is 18.4 Å². The molecule has 0 saturated heterocycles. The number of ether oxygens (including phenoxy) is 1. The molecule has 0 aliphatic carbocycles. The second-order valence-electron chi connectivity index (χ2n) is 6.52. The Morgan fingerprint density at radius 1 is 1.14 bits per heavy atom. The van der Waals surface area contributed by atoms with E-state index in [1.807, 2.05) is 50.2 Å². The third-order valence-electron chi connectivity index (χ3n) is 4.80. The van der Waals surface area contributed by atoms with Gasteiger partial charge in [-0.1, -0.05) is 41.5 Å². The summed E-state index contributed by atoms with van der Waals surface area (Å²) in [5, 5.41) is 18.0. The second-order valence-corrected chi connectivity index (χ2v) is 6.52. The summed E-state index contributed by atoms with van der Waals surface area (Å²) in [6.45, 7) is 3.85. The summed E-state index contributed by atoms with van der Waals surface area (Å²) in [5.41, 5.74) is 3.85. The molecule has 1 aromatic heterocycles. The van der Waals surface area contributed by atoms with Crippen molar-refractivity contribution in [3.8, 4) is 5.75 Å². The SMILES string of the molecule is COc1ccccc1NC(=O)C1=C(C)Nc2nnnn2[C@H]1c1ccccc1C. The molecule has 8 heteroatoms. The molecule has 1 aliphatic heterocycles. The van der Waals surface area contributed by atoms with E-state index in [2.05, 4.69) is 26.2 Å². The number of carbonyl (C=O) groups is 1. The van der Waals surface area contributed by atoms with Gasteiger partial charge in [0.1, 0.15) is 11.8 Å². The van der Waals surface area contributed by atoms with E-state index in [4.69, 9.17) is 4.74 Å². The number of hydrogen-bond acceptors (Lipinski definition) is 6. The highest BCUT2D eigenvalue weighted by molar-refractivity contribution is 6.06. The fourth-order valence-electron chi connectivity index (χ4n) is 3.43. The van der Waals surface area contributed by atoms with Crippen LogP contribution in [-0.2, 0) is 4.79 Å². The number of aryl methyl sites for hydroxylation is 1. The maximum atomic E-state index is 13.3. The number of allylic oxidation sites excluding steroid dienone is 1. The Labute approximate surface area is 162 Å². The van der Waals surface area contributed by atoms with Gasteiger partial charge < -0.3 is 15.4 Å². The normalized spacial score (nSPS) is 15.6. The highest BCUT2D eigenvalue weighted by atomic mass is 16.5. The third-order valence-corrected chi connectivity index (χ3v) is 4.80. The van der Waals surface area contributed by atoms with Crippen molar-refractivity contribution < 1.29 is 9.53 Å². The average Bonchev–Trinajstić information content (AvgIpc) is 3.16. The first-order chi connectivity index (χ1) is 13.6. The topological polar surface area (TPSA) is 94.0 Å². The van der Waals surface area contributed by atoms with Crippen LogP contribution in [0, 0.1) is 6.92 Å². The van der Waals surface area contributed by atoms with Crippen LogP contribution in [-0.4, -0.2) is 33.2 Å². The number of methoxy groups -OCH3 is 1. The van der Waals surface area contributed by atoms with Crippen LogP contribution < -0.4 is 15.4 Å². The maximum absolute atomic E-state index is 13.3. The number of fused-ring (bicyclic) bond motifs is 1. The van der Waals surface area contributed by atoms with Crippen molar-refractivity contribution in [1.29, 1.82) is 0 Å². The molecule has 4 rings (SSSR count). The fraction of sp³-hybridized carbons (Fsp3) is 0.200. The fourth-order valence-corrected chi connectivity index (χ4v) is 3.43. The molecule has 8 nitrogen and oxygen atoms in total. The van der Waals surface area contributed by atoms with Gasteiger partial charge in [-0.2, -0.15) is 4.68 Å². The first-order valence-corrected chi connectivity index (χ1v) is 8.85. The Bertz CT molecular complexity index is 1070. The molecule has 142 valence electrons. The van der Waals surface area contributed by atoms with Crippen LogP contribution in [0.4, 0.5) is 11.6 Å². The molecule has 0 unspecified atom stereocenters. The minimum Gasteiger partial charge on any atom is -0.495 e. The van der Waals surface area contributed by atoms with E-state index < -0.39 is 6.04 Å². The zero-order valence-corrected chi connectivity index (χ0v) is 15.8. The van der Waals surface area contributed by atoms with Crippen LogP contribution in [0.15, 0.2) is 59.8 Å². The summed E-state index contributed by atoms with van der Waals surface area (Å²) in [6, 6.07) is 14.8. The number of aromatic nitrogens is 4. The van der Waals surface area contributed by atoms with Crippen molar-refractivity contribution in [1.82, 2.24) is 20.2 Å². The number of rotatable bonds is 4. The predicted octanol–water partition coefficient (Wildman–Crippen LogP) is 2.92. The highest BCUT2D eigenvalue weighted by Gasteiger charge is 2.34. The van der Waals surface area contributed by atoms with Crippen LogP contribution in [0.1, 0.15) is 24.1 Å². The first kappa shape index (κ1) is 17.7. The molecule has 0 bridgehead atoms. The molecule has 0 saturated carbocycles. The van der Waals surface area contributed by atoms with E-state index in [9.17, 15) is 4.79 Å². The zero-order valence-electron chi connectivity index (χ0n) is 15.8. The van der Waals surface area contributed by atoms with Gasteiger partial charge in [-0.15, -0.1) is 0 Å². The van der Waals surface area contributed by atoms with Gasteiger partial charge in [0.15, 0.2) is 0 Å². The molecule has 3 aromatic rings. The highest BCUT2D eigenvalue weighted by Crippen LogP contribution is 2.36. The number of anilines is 2. The smallest absolute Gasteiger partial charge is 0.255 e. The largest absolute Gasteiger partial charge is 0.495 e. The van der Waals surface area contributed by atoms with Gasteiger partial charge in [0.25, 0.3) is 5.91 Å². The van der Waals surface area contributed by atoms with E-state index in [-0.39, 0.29) is 5.91 Å². The number of nitrogens with zero attached hydrogens (tertiary/aromatic N) is 4. The van der Waals surface area contributed by atoms with Crippen LogP contribution in [0.5, 0.6) is 5.75 Å². The Morgan fingerprint density at radius 3 is 2.68 bits per heavy atom. The number of nitrogens with one attached hydrogen (secondary N) is 2. The van der Waals surface area contributed by atoms with Crippen molar-refractivity contribution in [2.24, 2.45) is 0 Å². The van der Waals surface area contributed by atoms with Crippen molar-refractivity contribution in [3.05, 3.63) is 70.9 Å². The number of para-hydroxylation sites is 2. The molecule has 0 spiro atoms.